The highest BCUT2D eigenvalue weighted by Gasteiger charge is 2.14. The molecule has 1 aromatic carbocycles. The smallest absolute Gasteiger partial charge is 0.341 e. The summed E-state index contributed by atoms with van der Waals surface area (Å²) in [4.78, 5) is 23.2. The molecule has 19 heavy (non-hydrogen) atoms. The van der Waals surface area contributed by atoms with Gasteiger partial charge in [0.05, 0.1) is 5.69 Å². The predicted molar refractivity (Wildman–Crippen MR) is 70.1 cm³/mol. The van der Waals surface area contributed by atoms with Crippen molar-refractivity contribution in [3.05, 3.63) is 57.5 Å². The fraction of sp³-hybridized carbons (Fsp3) is 0.143. The normalized spacial score (nSPS) is 10.4. The highest BCUT2D eigenvalue weighted by molar-refractivity contribution is 5.87. The number of aromatic nitrogens is 1. The van der Waals surface area contributed by atoms with E-state index in [1.807, 2.05) is 0 Å². The Kier molecular flexibility index (Phi) is 3.12. The topological polar surface area (TPSA) is 79.5 Å². The number of phenolic OH excluding ortho intramolecular Hbond substituents is 1. The second-order valence-corrected chi connectivity index (χ2v) is 4.30. The molecule has 0 amide bonds. The third-order valence-electron chi connectivity index (χ3n) is 2.93. The van der Waals surface area contributed by atoms with E-state index < -0.39 is 11.5 Å². The van der Waals surface area contributed by atoms with Gasteiger partial charge in [0.1, 0.15) is 11.3 Å². The van der Waals surface area contributed by atoms with E-state index >= 15 is 0 Å². The van der Waals surface area contributed by atoms with Crippen LogP contribution in [0.3, 0.4) is 0 Å². The molecular weight excluding hydrogens is 246 g/mol. The first-order valence-electron chi connectivity index (χ1n) is 5.67. The van der Waals surface area contributed by atoms with Crippen LogP contribution in [-0.4, -0.2) is 20.7 Å². The van der Waals surface area contributed by atoms with Crippen LogP contribution in [0.1, 0.15) is 21.6 Å². The molecule has 0 unspecified atom stereocenters. The Morgan fingerprint density at radius 3 is 2.42 bits per heavy atom. The Morgan fingerprint density at radius 1 is 1.16 bits per heavy atom. The fourth-order valence-corrected chi connectivity index (χ4v) is 1.98. The van der Waals surface area contributed by atoms with Crippen molar-refractivity contribution in [3.63, 3.8) is 0 Å². The molecule has 0 radical (unpaired) electrons. The zero-order chi connectivity index (χ0) is 14.2. The number of carboxylic acid groups (broad SMARTS) is 1. The number of carboxylic acids is 1. The standard InChI is InChI=1S/C14H13NO4/c1-8-7-10(16)4-6-12(8)15-9(2)3-5-11(13(15)17)14(18)19/h3-7,16H,1-2H3,(H,18,19). The number of carbonyl (C=O) groups is 1. The van der Waals surface area contributed by atoms with E-state index in [1.165, 1.54) is 22.8 Å². The third-order valence-corrected chi connectivity index (χ3v) is 2.93. The predicted octanol–water partition coefficient (Wildman–Crippen LogP) is 1.86. The zero-order valence-corrected chi connectivity index (χ0v) is 10.5. The van der Waals surface area contributed by atoms with Crippen molar-refractivity contribution in [2.75, 3.05) is 0 Å². The number of aromatic hydroxyl groups is 1. The summed E-state index contributed by atoms with van der Waals surface area (Å²) in [7, 11) is 0. The van der Waals surface area contributed by atoms with E-state index in [-0.39, 0.29) is 11.3 Å². The molecule has 2 rings (SSSR count). The van der Waals surface area contributed by atoms with Gasteiger partial charge in [-0.25, -0.2) is 4.79 Å². The van der Waals surface area contributed by atoms with Crippen LogP contribution in [0, 0.1) is 13.8 Å². The van der Waals surface area contributed by atoms with Crippen LogP contribution in [0.2, 0.25) is 0 Å². The van der Waals surface area contributed by atoms with Crippen LogP contribution >= 0.6 is 0 Å². The van der Waals surface area contributed by atoms with Gasteiger partial charge in [0.15, 0.2) is 0 Å². The van der Waals surface area contributed by atoms with Gasteiger partial charge in [-0.15, -0.1) is 0 Å². The Bertz CT molecular complexity index is 716. The summed E-state index contributed by atoms with van der Waals surface area (Å²) in [6.07, 6.45) is 0. The first-order chi connectivity index (χ1) is 8.91. The number of nitrogens with zero attached hydrogens (tertiary/aromatic N) is 1. The van der Waals surface area contributed by atoms with E-state index in [9.17, 15) is 14.7 Å². The average molecular weight is 259 g/mol. The molecule has 5 nitrogen and oxygen atoms in total. The molecule has 0 fully saturated rings. The highest BCUT2D eigenvalue weighted by atomic mass is 16.4. The zero-order valence-electron chi connectivity index (χ0n) is 10.5. The Morgan fingerprint density at radius 2 is 1.84 bits per heavy atom. The van der Waals surface area contributed by atoms with E-state index in [1.54, 1.807) is 26.0 Å². The summed E-state index contributed by atoms with van der Waals surface area (Å²) in [5, 5.41) is 18.4. The number of phenols is 1. The van der Waals surface area contributed by atoms with Crippen LogP contribution in [0.15, 0.2) is 35.1 Å². The molecule has 0 spiro atoms. The van der Waals surface area contributed by atoms with Gasteiger partial charge in [-0.05, 0) is 49.7 Å². The largest absolute Gasteiger partial charge is 0.508 e. The number of rotatable bonds is 2. The maximum absolute atomic E-state index is 12.2. The Balaban J connectivity index is 2.78. The van der Waals surface area contributed by atoms with Crippen LogP contribution in [0.4, 0.5) is 0 Å². The maximum Gasteiger partial charge on any atom is 0.341 e. The number of hydrogen-bond donors (Lipinski definition) is 2. The lowest BCUT2D eigenvalue weighted by Crippen LogP contribution is -2.27. The van der Waals surface area contributed by atoms with Crippen molar-refractivity contribution in [3.8, 4) is 11.4 Å². The van der Waals surface area contributed by atoms with Crippen LogP contribution in [-0.2, 0) is 0 Å². The van der Waals surface area contributed by atoms with Crippen molar-refractivity contribution in [1.82, 2.24) is 4.57 Å². The quantitative estimate of drug-likeness (QED) is 0.862. The minimum absolute atomic E-state index is 0.0985. The van der Waals surface area contributed by atoms with Crippen molar-refractivity contribution >= 4 is 5.97 Å². The molecule has 1 heterocycles. The summed E-state index contributed by atoms with van der Waals surface area (Å²) in [6.45, 7) is 3.47. The van der Waals surface area contributed by atoms with E-state index in [0.29, 0.717) is 16.9 Å². The Hall–Kier alpha value is -2.56. The number of pyridine rings is 1. The second-order valence-electron chi connectivity index (χ2n) is 4.30. The van der Waals surface area contributed by atoms with Crippen LogP contribution < -0.4 is 5.56 Å². The van der Waals surface area contributed by atoms with Crippen molar-refractivity contribution in [1.29, 1.82) is 0 Å². The monoisotopic (exact) mass is 259 g/mol. The van der Waals surface area contributed by atoms with Crippen molar-refractivity contribution in [2.24, 2.45) is 0 Å². The lowest BCUT2D eigenvalue weighted by molar-refractivity contribution is 0.0694. The second kappa shape index (κ2) is 4.61. The molecule has 1 aromatic heterocycles. The molecule has 0 aliphatic carbocycles. The molecule has 98 valence electrons. The van der Waals surface area contributed by atoms with Gasteiger partial charge in [-0.3, -0.25) is 9.36 Å². The summed E-state index contributed by atoms with van der Waals surface area (Å²) in [5.74, 6) is -1.16. The van der Waals surface area contributed by atoms with Gasteiger partial charge >= 0.3 is 5.97 Å². The number of hydrogen-bond acceptors (Lipinski definition) is 3. The molecule has 0 saturated carbocycles. The fourth-order valence-electron chi connectivity index (χ4n) is 1.98. The molecule has 0 atom stereocenters. The number of aromatic carboxylic acids is 1. The van der Waals surface area contributed by atoms with Gasteiger partial charge in [0.25, 0.3) is 5.56 Å². The summed E-state index contributed by atoms with van der Waals surface area (Å²) >= 11 is 0. The highest BCUT2D eigenvalue weighted by Crippen LogP contribution is 2.19. The Labute approximate surface area is 109 Å². The van der Waals surface area contributed by atoms with Gasteiger partial charge in [0.2, 0.25) is 0 Å². The third kappa shape index (κ3) is 2.22. The first kappa shape index (κ1) is 12.9. The summed E-state index contributed by atoms with van der Waals surface area (Å²) in [5.41, 5.74) is 1.01. The van der Waals surface area contributed by atoms with Gasteiger partial charge in [-0.2, -0.15) is 0 Å². The van der Waals surface area contributed by atoms with Crippen LogP contribution in [0.5, 0.6) is 5.75 Å². The minimum atomic E-state index is -1.25. The molecule has 2 N–H and O–H groups in total. The summed E-state index contributed by atoms with van der Waals surface area (Å²) in [6, 6.07) is 7.45. The molecule has 0 aliphatic rings. The average Bonchev–Trinajstić information content (AvgIpc) is 2.31. The van der Waals surface area contributed by atoms with E-state index in [0.717, 1.165) is 0 Å². The molecule has 5 heteroatoms. The van der Waals surface area contributed by atoms with E-state index in [4.69, 9.17) is 5.11 Å². The lowest BCUT2D eigenvalue weighted by Gasteiger charge is -2.13. The summed E-state index contributed by atoms with van der Waals surface area (Å²) < 4.78 is 1.33. The molecular formula is C14H13NO4. The lowest BCUT2D eigenvalue weighted by atomic mass is 10.1. The van der Waals surface area contributed by atoms with Crippen molar-refractivity contribution < 1.29 is 15.0 Å². The molecule has 0 aliphatic heterocycles. The number of benzene rings is 1. The minimum Gasteiger partial charge on any atom is -0.508 e. The van der Waals surface area contributed by atoms with Crippen LogP contribution in [0.25, 0.3) is 5.69 Å². The van der Waals surface area contributed by atoms with Crippen molar-refractivity contribution in [2.45, 2.75) is 13.8 Å². The van der Waals surface area contributed by atoms with E-state index in [2.05, 4.69) is 0 Å². The van der Waals surface area contributed by atoms with Gasteiger partial charge in [0, 0.05) is 5.69 Å². The molecule has 0 saturated heterocycles. The number of aryl methyl sites for hydroxylation is 2. The SMILES string of the molecule is Cc1cc(O)ccc1-n1c(C)ccc(C(=O)O)c1=O. The maximum atomic E-state index is 12.2. The molecule has 0 bridgehead atoms. The van der Waals surface area contributed by atoms with Gasteiger partial charge < -0.3 is 10.2 Å². The first-order valence-corrected chi connectivity index (χ1v) is 5.67. The molecule has 2 aromatic rings. The van der Waals surface area contributed by atoms with Gasteiger partial charge in [-0.1, -0.05) is 0 Å².